The molecule has 0 rings (SSSR count). The molecule has 0 atom stereocenters. The Bertz CT molecular complexity index is 192. The normalized spacial score (nSPS) is 12.3. The largest absolute Gasteiger partial charge is 0.0654 e. The minimum Gasteiger partial charge on any atom is -0.0654 e. The molecule has 0 aliphatic carbocycles. The summed E-state index contributed by atoms with van der Waals surface area (Å²) in [5.41, 5.74) is 0.480. The van der Waals surface area contributed by atoms with Crippen molar-refractivity contribution in [3.05, 3.63) is 5.92 Å². The van der Waals surface area contributed by atoms with E-state index in [0.717, 1.165) is 0 Å². The molecule has 0 saturated heterocycles. The molecule has 0 aromatic rings. The molecule has 0 bridgehead atoms. The van der Waals surface area contributed by atoms with Crippen LogP contribution in [0.15, 0.2) is 0 Å². The zero-order valence-corrected chi connectivity index (χ0v) is 15.9. The lowest BCUT2D eigenvalue weighted by Gasteiger charge is -2.34. The molecule has 0 amide bonds. The molecule has 21 heavy (non-hydrogen) atoms. The number of hydrogen-bond donors (Lipinski definition) is 0. The van der Waals surface area contributed by atoms with Crippen LogP contribution in [-0.4, -0.2) is 0 Å². The summed E-state index contributed by atoms with van der Waals surface area (Å²) in [7, 11) is 0. The zero-order chi connectivity index (χ0) is 16.0. The molecule has 0 heterocycles. The van der Waals surface area contributed by atoms with Crippen LogP contribution < -0.4 is 0 Å². The van der Waals surface area contributed by atoms with Gasteiger partial charge in [0.1, 0.15) is 0 Å². The van der Waals surface area contributed by atoms with Gasteiger partial charge in [0.05, 0.1) is 0 Å². The number of rotatable bonds is 15. The van der Waals surface area contributed by atoms with Crippen LogP contribution in [0.25, 0.3) is 0 Å². The fraction of sp³-hybridized carbons (Fsp3) is 0.952. The highest BCUT2D eigenvalue weighted by Gasteiger charge is 2.28. The molecule has 0 saturated carbocycles. The summed E-state index contributed by atoms with van der Waals surface area (Å²) in [5.74, 6) is 1.88. The van der Waals surface area contributed by atoms with E-state index in [4.69, 9.17) is 0 Å². The van der Waals surface area contributed by atoms with Crippen LogP contribution in [0.2, 0.25) is 0 Å². The first-order chi connectivity index (χ1) is 10.1. The second-order valence-electron chi connectivity index (χ2n) is 7.57. The zero-order valence-electron chi connectivity index (χ0n) is 15.9. The molecule has 0 nitrogen and oxygen atoms in total. The molecule has 127 valence electrons. The predicted molar refractivity (Wildman–Crippen MR) is 98.7 cm³/mol. The molecule has 0 aliphatic rings. The quantitative estimate of drug-likeness (QED) is 0.268. The third-order valence-corrected chi connectivity index (χ3v) is 5.03. The van der Waals surface area contributed by atoms with E-state index in [1.165, 1.54) is 89.9 Å². The molecule has 0 aliphatic heterocycles. The molecule has 0 unspecified atom stereocenters. The molecular weight excluding hydrogens is 252 g/mol. The SMILES string of the molecule is CCCCCC[C](CCCCCC)C(C)(C)CCCCC. The summed E-state index contributed by atoms with van der Waals surface area (Å²) in [4.78, 5) is 0. The van der Waals surface area contributed by atoms with Crippen LogP contribution in [-0.2, 0) is 0 Å². The highest BCUT2D eigenvalue weighted by Crippen LogP contribution is 2.41. The molecule has 0 aromatic heterocycles. The van der Waals surface area contributed by atoms with Crippen molar-refractivity contribution in [2.24, 2.45) is 5.41 Å². The van der Waals surface area contributed by atoms with Gasteiger partial charge in [0.25, 0.3) is 0 Å². The van der Waals surface area contributed by atoms with Crippen molar-refractivity contribution in [2.45, 2.75) is 125 Å². The molecular formula is C21H43. The predicted octanol–water partition coefficient (Wildman–Crippen LogP) is 8.11. The first-order valence-electron chi connectivity index (χ1n) is 9.93. The van der Waals surface area contributed by atoms with Gasteiger partial charge in [0, 0.05) is 0 Å². The van der Waals surface area contributed by atoms with Crippen molar-refractivity contribution in [1.82, 2.24) is 0 Å². The maximum atomic E-state index is 2.51. The van der Waals surface area contributed by atoms with Gasteiger partial charge in [0.15, 0.2) is 0 Å². The van der Waals surface area contributed by atoms with Crippen LogP contribution in [0, 0.1) is 11.3 Å². The van der Waals surface area contributed by atoms with E-state index in [1.54, 1.807) is 0 Å². The van der Waals surface area contributed by atoms with Gasteiger partial charge in [-0.1, -0.05) is 105 Å². The van der Waals surface area contributed by atoms with Gasteiger partial charge in [-0.15, -0.1) is 0 Å². The van der Waals surface area contributed by atoms with E-state index in [2.05, 4.69) is 34.6 Å². The van der Waals surface area contributed by atoms with Crippen molar-refractivity contribution in [1.29, 1.82) is 0 Å². The fourth-order valence-corrected chi connectivity index (χ4v) is 3.33. The summed E-state index contributed by atoms with van der Waals surface area (Å²) in [6.45, 7) is 12.0. The van der Waals surface area contributed by atoms with E-state index in [1.807, 2.05) is 5.92 Å². The lowest BCUT2D eigenvalue weighted by molar-refractivity contribution is 0.298. The van der Waals surface area contributed by atoms with E-state index < -0.39 is 0 Å². The van der Waals surface area contributed by atoms with Crippen molar-refractivity contribution in [2.75, 3.05) is 0 Å². The van der Waals surface area contributed by atoms with Crippen LogP contribution >= 0.6 is 0 Å². The van der Waals surface area contributed by atoms with Crippen LogP contribution in [0.5, 0.6) is 0 Å². The Balaban J connectivity index is 4.23. The Morgan fingerprint density at radius 2 is 1.00 bits per heavy atom. The smallest absolute Gasteiger partial charge is 0.0185 e. The minimum absolute atomic E-state index is 0.480. The topological polar surface area (TPSA) is 0 Å². The first kappa shape index (κ1) is 21.0. The number of unbranched alkanes of at least 4 members (excludes halogenated alkanes) is 8. The van der Waals surface area contributed by atoms with E-state index >= 15 is 0 Å². The van der Waals surface area contributed by atoms with Crippen molar-refractivity contribution in [3.63, 3.8) is 0 Å². The third-order valence-electron chi connectivity index (χ3n) is 5.03. The molecule has 0 fully saturated rings. The second kappa shape index (κ2) is 13.6. The van der Waals surface area contributed by atoms with Gasteiger partial charge >= 0.3 is 0 Å². The summed E-state index contributed by atoms with van der Waals surface area (Å²) in [5, 5.41) is 0. The minimum atomic E-state index is 0.480. The van der Waals surface area contributed by atoms with Gasteiger partial charge < -0.3 is 0 Å². The van der Waals surface area contributed by atoms with Crippen molar-refractivity contribution < 1.29 is 0 Å². The van der Waals surface area contributed by atoms with Gasteiger partial charge in [0.2, 0.25) is 0 Å². The summed E-state index contributed by atoms with van der Waals surface area (Å²) < 4.78 is 0. The van der Waals surface area contributed by atoms with Gasteiger partial charge in [-0.2, -0.15) is 0 Å². The average Bonchev–Trinajstić information content (AvgIpc) is 2.45. The molecule has 0 heteroatoms. The van der Waals surface area contributed by atoms with Crippen LogP contribution in [0.3, 0.4) is 0 Å². The highest BCUT2D eigenvalue weighted by atomic mass is 14.3. The van der Waals surface area contributed by atoms with Crippen molar-refractivity contribution in [3.8, 4) is 0 Å². The monoisotopic (exact) mass is 295 g/mol. The maximum absolute atomic E-state index is 2.51. The lowest BCUT2D eigenvalue weighted by Crippen LogP contribution is -2.22. The number of hydrogen-bond acceptors (Lipinski definition) is 0. The standard InChI is InChI=1S/C21H43/c1-6-9-12-14-17-20(18-15-13-10-7-2)21(4,5)19-16-11-8-3/h6-19H2,1-5H3. The first-order valence-corrected chi connectivity index (χ1v) is 9.93. The van der Waals surface area contributed by atoms with Crippen molar-refractivity contribution >= 4 is 0 Å². The third kappa shape index (κ3) is 11.2. The highest BCUT2D eigenvalue weighted by molar-refractivity contribution is 5.02. The maximum Gasteiger partial charge on any atom is -0.0185 e. The van der Waals surface area contributed by atoms with E-state index in [9.17, 15) is 0 Å². The van der Waals surface area contributed by atoms with Gasteiger partial charge in [-0.25, -0.2) is 0 Å². The molecule has 0 aromatic carbocycles. The Morgan fingerprint density at radius 3 is 1.43 bits per heavy atom. The Labute approximate surface area is 136 Å². The van der Waals surface area contributed by atoms with Crippen LogP contribution in [0.4, 0.5) is 0 Å². The lowest BCUT2D eigenvalue weighted by atomic mass is 9.70. The molecule has 0 spiro atoms. The summed E-state index contributed by atoms with van der Waals surface area (Å²) >= 11 is 0. The molecule has 1 radical (unpaired) electrons. The second-order valence-corrected chi connectivity index (χ2v) is 7.57. The van der Waals surface area contributed by atoms with E-state index in [0.29, 0.717) is 5.41 Å². The average molecular weight is 296 g/mol. The molecule has 0 N–H and O–H groups in total. The van der Waals surface area contributed by atoms with Gasteiger partial charge in [-0.05, 0) is 30.6 Å². The Hall–Kier alpha value is 0. The fourth-order valence-electron chi connectivity index (χ4n) is 3.33. The summed E-state index contributed by atoms with van der Waals surface area (Å²) in [6, 6.07) is 0. The van der Waals surface area contributed by atoms with E-state index in [-0.39, 0.29) is 0 Å². The summed E-state index contributed by atoms with van der Waals surface area (Å²) in [6.07, 6.45) is 19.6. The Morgan fingerprint density at radius 1 is 0.571 bits per heavy atom. The Kier molecular flexibility index (Phi) is 13.6. The van der Waals surface area contributed by atoms with Gasteiger partial charge in [-0.3, -0.25) is 0 Å². The van der Waals surface area contributed by atoms with Crippen LogP contribution in [0.1, 0.15) is 125 Å².